The van der Waals surface area contributed by atoms with E-state index >= 15 is 0 Å². The van der Waals surface area contributed by atoms with Crippen LogP contribution in [-0.2, 0) is 14.6 Å². The molecule has 2 N–H and O–H groups in total. The second-order valence-electron chi connectivity index (χ2n) is 6.79. The molecule has 27 heavy (non-hydrogen) atoms. The van der Waals surface area contributed by atoms with Crippen LogP contribution in [0.5, 0.6) is 0 Å². The van der Waals surface area contributed by atoms with E-state index in [0.717, 1.165) is 23.3 Å². The summed E-state index contributed by atoms with van der Waals surface area (Å²) in [5.74, 6) is 1.29. The summed E-state index contributed by atoms with van der Waals surface area (Å²) in [7, 11) is -2.88. The number of carbonyl (C=O) groups is 1. The van der Waals surface area contributed by atoms with E-state index in [1.54, 1.807) is 0 Å². The molecule has 11 heteroatoms. The Morgan fingerprint density at radius 2 is 2.07 bits per heavy atom. The van der Waals surface area contributed by atoms with Gasteiger partial charge in [-0.3, -0.25) is 9.69 Å². The molecule has 0 aliphatic carbocycles. The third-order valence-electron chi connectivity index (χ3n) is 5.05. The number of aromatic nitrogens is 2. The van der Waals surface area contributed by atoms with Gasteiger partial charge in [0.25, 0.3) is 0 Å². The van der Waals surface area contributed by atoms with Crippen LogP contribution in [0, 0.1) is 0 Å². The number of sulfone groups is 1. The minimum absolute atomic E-state index is 0.0483. The number of anilines is 1. The number of hydrogen-bond acceptors (Lipinski definition) is 9. The molecule has 1 atom stereocenters. The normalized spacial score (nSPS) is 23.1. The summed E-state index contributed by atoms with van der Waals surface area (Å²) >= 11 is 2.80. The van der Waals surface area contributed by atoms with Gasteiger partial charge in [-0.25, -0.2) is 18.4 Å². The lowest BCUT2D eigenvalue weighted by molar-refractivity contribution is -0.130. The molecule has 2 aliphatic heterocycles. The van der Waals surface area contributed by atoms with Gasteiger partial charge in [-0.15, -0.1) is 11.3 Å². The lowest BCUT2D eigenvalue weighted by Crippen LogP contribution is -2.52. The molecule has 0 saturated carbocycles. The summed E-state index contributed by atoms with van der Waals surface area (Å²) in [5, 5.41) is 3.29. The first-order valence-corrected chi connectivity index (χ1v) is 12.5. The predicted molar refractivity (Wildman–Crippen MR) is 108 cm³/mol. The van der Waals surface area contributed by atoms with Gasteiger partial charge in [0.1, 0.15) is 10.6 Å². The number of thioether (sulfide) groups is 1. The van der Waals surface area contributed by atoms with Gasteiger partial charge in [0.15, 0.2) is 15.0 Å². The van der Waals surface area contributed by atoms with Crippen molar-refractivity contribution < 1.29 is 13.2 Å². The van der Waals surface area contributed by atoms with Crippen molar-refractivity contribution in [3.05, 3.63) is 11.4 Å². The molecule has 0 radical (unpaired) electrons. The van der Waals surface area contributed by atoms with Gasteiger partial charge in [0.05, 0.1) is 22.6 Å². The van der Waals surface area contributed by atoms with Crippen LogP contribution in [0.4, 0.5) is 5.82 Å². The first-order chi connectivity index (χ1) is 12.9. The lowest BCUT2D eigenvalue weighted by Gasteiger charge is -2.37. The molecule has 0 spiro atoms. The van der Waals surface area contributed by atoms with Crippen molar-refractivity contribution in [3.63, 3.8) is 0 Å². The summed E-state index contributed by atoms with van der Waals surface area (Å²) in [5.41, 5.74) is 5.94. The number of amides is 1. The van der Waals surface area contributed by atoms with Gasteiger partial charge in [0.2, 0.25) is 5.91 Å². The van der Waals surface area contributed by atoms with Crippen LogP contribution in [-0.4, -0.2) is 83.6 Å². The molecule has 146 valence electrons. The predicted octanol–water partition coefficient (Wildman–Crippen LogP) is 0.697. The van der Waals surface area contributed by atoms with E-state index in [1.807, 2.05) is 16.3 Å². The monoisotopic (exact) mass is 427 g/mol. The third kappa shape index (κ3) is 4.20. The fourth-order valence-electron chi connectivity index (χ4n) is 3.54. The summed E-state index contributed by atoms with van der Waals surface area (Å²) in [4.78, 5) is 26.1. The fourth-order valence-corrected chi connectivity index (χ4v) is 6.88. The zero-order chi connectivity index (χ0) is 19.0. The zero-order valence-corrected chi connectivity index (χ0v) is 17.2. The average Bonchev–Trinajstić information content (AvgIpc) is 3.26. The van der Waals surface area contributed by atoms with Gasteiger partial charge in [0, 0.05) is 32.2 Å². The number of nitrogen functional groups attached to an aromatic ring is 1. The number of nitrogens with zero attached hydrogens (tertiary/aromatic N) is 4. The van der Waals surface area contributed by atoms with Crippen LogP contribution in [0.3, 0.4) is 0 Å². The molecule has 4 heterocycles. The number of hydrogen-bond donors (Lipinski definition) is 1. The topological polar surface area (TPSA) is 109 Å². The molecule has 2 aromatic heterocycles. The van der Waals surface area contributed by atoms with Crippen LogP contribution in [0.1, 0.15) is 6.42 Å². The van der Waals surface area contributed by atoms with E-state index in [1.165, 1.54) is 23.1 Å². The Labute approximate surface area is 166 Å². The quantitative estimate of drug-likeness (QED) is 0.561. The van der Waals surface area contributed by atoms with Gasteiger partial charge in [-0.05, 0) is 17.9 Å². The van der Waals surface area contributed by atoms with Crippen molar-refractivity contribution in [1.82, 2.24) is 19.8 Å². The van der Waals surface area contributed by atoms with Crippen molar-refractivity contribution >= 4 is 54.9 Å². The zero-order valence-electron chi connectivity index (χ0n) is 14.7. The molecule has 0 unspecified atom stereocenters. The van der Waals surface area contributed by atoms with E-state index in [9.17, 15) is 13.2 Å². The van der Waals surface area contributed by atoms with E-state index in [2.05, 4.69) is 14.9 Å². The number of thiophene rings is 1. The number of fused-ring (bicyclic) bond motifs is 1. The minimum atomic E-state index is -2.88. The number of rotatable bonds is 4. The highest BCUT2D eigenvalue weighted by atomic mass is 32.2. The summed E-state index contributed by atoms with van der Waals surface area (Å²) in [6.45, 7) is 2.70. The van der Waals surface area contributed by atoms with Crippen LogP contribution < -0.4 is 5.73 Å². The van der Waals surface area contributed by atoms with Crippen LogP contribution in [0.2, 0.25) is 0 Å². The molecule has 4 rings (SSSR count). The van der Waals surface area contributed by atoms with Crippen molar-refractivity contribution in [1.29, 1.82) is 0 Å². The van der Waals surface area contributed by atoms with Crippen LogP contribution in [0.15, 0.2) is 16.6 Å². The lowest BCUT2D eigenvalue weighted by atomic mass is 10.2. The van der Waals surface area contributed by atoms with E-state index in [-0.39, 0.29) is 29.2 Å². The molecular formula is C16H21N5O3S3. The molecule has 0 bridgehead atoms. The van der Waals surface area contributed by atoms with Crippen LogP contribution >= 0.6 is 23.1 Å². The highest BCUT2D eigenvalue weighted by Gasteiger charge is 2.34. The maximum atomic E-state index is 12.5. The molecule has 2 aromatic rings. The van der Waals surface area contributed by atoms with Gasteiger partial charge in [-0.1, -0.05) is 11.8 Å². The minimum Gasteiger partial charge on any atom is -0.383 e. The molecular weight excluding hydrogens is 406 g/mol. The SMILES string of the molecule is Nc1nc(SCC(=O)N2CCN([C@@H]3CCS(=O)(=O)C3)CC2)nc2sccc12. The Bertz CT molecular complexity index is 953. The van der Waals surface area contributed by atoms with Crippen LogP contribution in [0.25, 0.3) is 10.2 Å². The Kier molecular flexibility index (Phi) is 5.28. The van der Waals surface area contributed by atoms with Gasteiger partial charge in [-0.2, -0.15) is 0 Å². The molecule has 2 saturated heterocycles. The first kappa shape index (κ1) is 18.9. The highest BCUT2D eigenvalue weighted by Crippen LogP contribution is 2.26. The standard InChI is InChI=1S/C16H21N5O3S3/c17-14-12-1-7-25-15(12)19-16(18-14)26-9-13(22)21-5-3-20(4-6-21)11-2-8-27(23,24)10-11/h1,7,11H,2-6,8-10H2,(H2,17,18,19)/t11-/m1/s1. The Morgan fingerprint density at radius 3 is 2.78 bits per heavy atom. The first-order valence-electron chi connectivity index (χ1n) is 8.77. The molecule has 1 amide bonds. The van der Waals surface area contributed by atoms with E-state index in [4.69, 9.17) is 5.73 Å². The number of nitrogens with two attached hydrogens (primary N) is 1. The maximum absolute atomic E-state index is 12.5. The average molecular weight is 428 g/mol. The van der Waals surface area contributed by atoms with Crippen molar-refractivity contribution in [2.24, 2.45) is 0 Å². The van der Waals surface area contributed by atoms with Crippen molar-refractivity contribution in [3.8, 4) is 0 Å². The third-order valence-corrected chi connectivity index (χ3v) is 8.44. The van der Waals surface area contributed by atoms with E-state index < -0.39 is 9.84 Å². The Morgan fingerprint density at radius 1 is 1.30 bits per heavy atom. The molecule has 0 aromatic carbocycles. The summed E-state index contributed by atoms with van der Waals surface area (Å²) < 4.78 is 23.3. The number of piperazine rings is 1. The second-order valence-corrected chi connectivity index (χ2v) is 10.9. The summed E-state index contributed by atoms with van der Waals surface area (Å²) in [6.07, 6.45) is 0.704. The second kappa shape index (κ2) is 7.53. The van der Waals surface area contributed by atoms with Crippen molar-refractivity contribution in [2.45, 2.75) is 17.6 Å². The van der Waals surface area contributed by atoms with Gasteiger partial charge < -0.3 is 10.6 Å². The largest absolute Gasteiger partial charge is 0.383 e. The maximum Gasteiger partial charge on any atom is 0.233 e. The van der Waals surface area contributed by atoms with E-state index in [0.29, 0.717) is 30.5 Å². The van der Waals surface area contributed by atoms with Gasteiger partial charge >= 0.3 is 0 Å². The number of carbonyl (C=O) groups excluding carboxylic acids is 1. The van der Waals surface area contributed by atoms with Crippen molar-refractivity contribution in [2.75, 3.05) is 49.2 Å². The molecule has 2 aliphatic rings. The molecule has 2 fully saturated rings. The summed E-state index contributed by atoms with van der Waals surface area (Å²) in [6, 6.07) is 2.00. The highest BCUT2D eigenvalue weighted by molar-refractivity contribution is 7.99. The Hall–Kier alpha value is -1.43. The smallest absolute Gasteiger partial charge is 0.233 e. The molecule has 8 nitrogen and oxygen atoms in total. The Balaban J connectivity index is 1.29. The fraction of sp³-hybridized carbons (Fsp3) is 0.562.